The van der Waals surface area contributed by atoms with Gasteiger partial charge in [0.1, 0.15) is 0 Å². The number of benzene rings is 1. The summed E-state index contributed by atoms with van der Waals surface area (Å²) in [7, 11) is 0. The van der Waals surface area contributed by atoms with E-state index < -0.39 is 0 Å². The van der Waals surface area contributed by atoms with Gasteiger partial charge in [0.15, 0.2) is 0 Å². The Morgan fingerprint density at radius 1 is 0.875 bits per heavy atom. The molecule has 0 aliphatic carbocycles. The lowest BCUT2D eigenvalue weighted by Crippen LogP contribution is -2.57. The molecule has 0 unspecified atom stereocenters. The molecule has 0 aromatic heterocycles. The summed E-state index contributed by atoms with van der Waals surface area (Å²) < 4.78 is 0. The van der Waals surface area contributed by atoms with Crippen LogP contribution in [0.3, 0.4) is 0 Å². The Labute approximate surface area is 99.6 Å². The van der Waals surface area contributed by atoms with Gasteiger partial charge in [0, 0.05) is 11.1 Å². The van der Waals surface area contributed by atoms with Crippen molar-refractivity contribution in [3.05, 3.63) is 30.3 Å². The Morgan fingerprint density at radius 3 is 1.75 bits per heavy atom. The van der Waals surface area contributed by atoms with Crippen molar-refractivity contribution in [2.75, 3.05) is 5.01 Å². The smallest absolute Gasteiger partial charge is 0.0526 e. The maximum atomic E-state index is 3.55. The molecule has 90 valence electrons. The molecule has 0 radical (unpaired) electrons. The van der Waals surface area contributed by atoms with E-state index >= 15 is 0 Å². The van der Waals surface area contributed by atoms with Crippen molar-refractivity contribution in [2.45, 2.75) is 52.6 Å². The van der Waals surface area contributed by atoms with Crippen LogP contribution in [0, 0.1) is 0 Å². The first-order valence-electron chi connectivity index (χ1n) is 5.83. The molecular weight excluding hydrogens is 196 g/mol. The van der Waals surface area contributed by atoms with Crippen LogP contribution in [0.4, 0.5) is 5.69 Å². The minimum atomic E-state index is 0.0502. The summed E-state index contributed by atoms with van der Waals surface area (Å²) in [6, 6.07) is 10.4. The van der Waals surface area contributed by atoms with Crippen LogP contribution in [0.1, 0.15) is 41.5 Å². The molecule has 0 saturated heterocycles. The highest BCUT2D eigenvalue weighted by Gasteiger charge is 2.25. The minimum Gasteiger partial charge on any atom is -0.303 e. The fourth-order valence-electron chi connectivity index (χ4n) is 1.53. The number of hydrogen-bond acceptors (Lipinski definition) is 2. The van der Waals surface area contributed by atoms with Crippen molar-refractivity contribution >= 4 is 5.69 Å². The highest BCUT2D eigenvalue weighted by atomic mass is 15.6. The maximum Gasteiger partial charge on any atom is 0.0526 e. The predicted octanol–water partition coefficient (Wildman–Crippen LogP) is 3.59. The van der Waals surface area contributed by atoms with E-state index in [1.54, 1.807) is 0 Å². The summed E-state index contributed by atoms with van der Waals surface area (Å²) in [5.74, 6) is 0. The van der Waals surface area contributed by atoms with Crippen molar-refractivity contribution in [3.63, 3.8) is 0 Å². The predicted molar refractivity (Wildman–Crippen MR) is 71.6 cm³/mol. The minimum absolute atomic E-state index is 0.0502. The molecule has 0 bridgehead atoms. The summed E-state index contributed by atoms with van der Waals surface area (Å²) in [4.78, 5) is 0. The van der Waals surface area contributed by atoms with Crippen LogP contribution in [-0.4, -0.2) is 11.1 Å². The lowest BCUT2D eigenvalue weighted by Gasteiger charge is -2.42. The van der Waals surface area contributed by atoms with Crippen LogP contribution < -0.4 is 10.4 Å². The summed E-state index contributed by atoms with van der Waals surface area (Å²) in [6.45, 7) is 13.1. The Morgan fingerprint density at radius 2 is 1.38 bits per heavy atom. The van der Waals surface area contributed by atoms with Gasteiger partial charge >= 0.3 is 0 Å². The van der Waals surface area contributed by atoms with Crippen molar-refractivity contribution < 1.29 is 0 Å². The van der Waals surface area contributed by atoms with Gasteiger partial charge in [-0.2, -0.15) is 0 Å². The second-order valence-corrected chi connectivity index (χ2v) is 6.20. The van der Waals surface area contributed by atoms with E-state index in [4.69, 9.17) is 0 Å². The van der Waals surface area contributed by atoms with Crippen LogP contribution in [0.15, 0.2) is 30.3 Å². The number of rotatable bonds is 2. The highest BCUT2D eigenvalue weighted by Crippen LogP contribution is 2.22. The van der Waals surface area contributed by atoms with Crippen molar-refractivity contribution in [2.24, 2.45) is 0 Å². The molecule has 0 aliphatic heterocycles. The highest BCUT2D eigenvalue weighted by molar-refractivity contribution is 5.47. The van der Waals surface area contributed by atoms with E-state index in [-0.39, 0.29) is 11.1 Å². The summed E-state index contributed by atoms with van der Waals surface area (Å²) >= 11 is 0. The summed E-state index contributed by atoms with van der Waals surface area (Å²) in [5, 5.41) is 2.23. The Balaban J connectivity index is 2.98. The van der Waals surface area contributed by atoms with Gasteiger partial charge in [-0.1, -0.05) is 18.2 Å². The lowest BCUT2D eigenvalue weighted by molar-refractivity contribution is 0.338. The molecule has 0 saturated carbocycles. The fourth-order valence-corrected chi connectivity index (χ4v) is 1.53. The van der Waals surface area contributed by atoms with E-state index in [0.717, 1.165) is 0 Å². The second-order valence-electron chi connectivity index (χ2n) is 6.20. The molecule has 0 atom stereocenters. The summed E-state index contributed by atoms with van der Waals surface area (Å²) in [5.41, 5.74) is 4.85. The zero-order valence-electron chi connectivity index (χ0n) is 11.3. The quantitative estimate of drug-likeness (QED) is 0.766. The zero-order valence-corrected chi connectivity index (χ0v) is 11.3. The molecule has 0 spiro atoms. The van der Waals surface area contributed by atoms with E-state index in [0.29, 0.717) is 0 Å². The van der Waals surface area contributed by atoms with Gasteiger partial charge in [0.25, 0.3) is 0 Å². The van der Waals surface area contributed by atoms with Gasteiger partial charge in [0.05, 0.1) is 5.69 Å². The molecule has 1 aromatic carbocycles. The molecule has 2 heteroatoms. The van der Waals surface area contributed by atoms with Crippen LogP contribution in [0.5, 0.6) is 0 Å². The first kappa shape index (κ1) is 13.0. The standard InChI is InChI=1S/C14H24N2/c1-13(2,3)15-16(14(4,5)6)12-10-8-7-9-11-12/h7-11,15H,1-6H3. The number of para-hydroxylation sites is 1. The Bertz CT molecular complexity index is 317. The number of anilines is 1. The van der Waals surface area contributed by atoms with E-state index in [9.17, 15) is 0 Å². The molecular formula is C14H24N2. The zero-order chi connectivity index (χ0) is 12.4. The molecule has 1 N–H and O–H groups in total. The van der Waals surface area contributed by atoms with Gasteiger partial charge in [-0.05, 0) is 53.7 Å². The van der Waals surface area contributed by atoms with Gasteiger partial charge in [-0.3, -0.25) is 0 Å². The van der Waals surface area contributed by atoms with Gasteiger partial charge in [-0.25, -0.2) is 5.43 Å². The van der Waals surface area contributed by atoms with Crippen LogP contribution in [0.25, 0.3) is 0 Å². The molecule has 2 nitrogen and oxygen atoms in total. The van der Waals surface area contributed by atoms with Gasteiger partial charge in [0.2, 0.25) is 0 Å². The number of hydrazine groups is 1. The number of nitrogens with one attached hydrogen (secondary N) is 1. The molecule has 0 aliphatic rings. The van der Waals surface area contributed by atoms with Crippen molar-refractivity contribution in [1.82, 2.24) is 5.43 Å². The second kappa shape index (κ2) is 4.46. The third-order valence-electron chi connectivity index (χ3n) is 2.13. The number of nitrogens with zero attached hydrogens (tertiary/aromatic N) is 1. The molecule has 0 fully saturated rings. The third kappa shape index (κ3) is 3.86. The van der Waals surface area contributed by atoms with E-state index in [1.807, 2.05) is 6.07 Å². The van der Waals surface area contributed by atoms with Gasteiger partial charge < -0.3 is 5.01 Å². The van der Waals surface area contributed by atoms with Crippen molar-refractivity contribution in [1.29, 1.82) is 0 Å². The molecule has 1 rings (SSSR count). The monoisotopic (exact) mass is 220 g/mol. The lowest BCUT2D eigenvalue weighted by atomic mass is 10.1. The molecule has 0 amide bonds. The van der Waals surface area contributed by atoms with Crippen molar-refractivity contribution in [3.8, 4) is 0 Å². The Hall–Kier alpha value is -1.02. The fraction of sp³-hybridized carbons (Fsp3) is 0.571. The maximum absolute atomic E-state index is 3.55. The first-order chi connectivity index (χ1) is 7.20. The molecule has 16 heavy (non-hydrogen) atoms. The molecule has 1 aromatic rings. The van der Waals surface area contributed by atoms with Crippen LogP contribution >= 0.6 is 0 Å². The Kier molecular flexibility index (Phi) is 3.64. The first-order valence-corrected chi connectivity index (χ1v) is 5.83. The van der Waals surface area contributed by atoms with Crippen LogP contribution in [0.2, 0.25) is 0 Å². The SMILES string of the molecule is CC(C)(C)NN(c1ccccc1)C(C)(C)C. The van der Waals surface area contributed by atoms with Crippen LogP contribution in [-0.2, 0) is 0 Å². The largest absolute Gasteiger partial charge is 0.303 e. The van der Waals surface area contributed by atoms with Gasteiger partial charge in [-0.15, -0.1) is 0 Å². The van der Waals surface area contributed by atoms with E-state index in [2.05, 4.69) is 76.2 Å². The molecule has 0 heterocycles. The average Bonchev–Trinajstić information content (AvgIpc) is 2.13. The average molecular weight is 220 g/mol. The van der Waals surface area contributed by atoms with E-state index in [1.165, 1.54) is 5.69 Å². The third-order valence-corrected chi connectivity index (χ3v) is 2.13. The number of hydrogen-bond donors (Lipinski definition) is 1. The summed E-state index contributed by atoms with van der Waals surface area (Å²) in [6.07, 6.45) is 0. The topological polar surface area (TPSA) is 15.3 Å². The normalized spacial score (nSPS) is 12.6.